The van der Waals surface area contributed by atoms with Crippen LogP contribution in [-0.4, -0.2) is 40.2 Å². The molecule has 0 saturated heterocycles. The summed E-state index contributed by atoms with van der Waals surface area (Å²) in [5, 5.41) is 0. The molecule has 209 valence electrons. The van der Waals surface area contributed by atoms with Crippen molar-refractivity contribution in [1.82, 2.24) is 4.98 Å². The number of amidine groups is 2. The first-order valence-corrected chi connectivity index (χ1v) is 13.8. The SMILES string of the molecule is CCCCCCC1=CC2=NC(c3cccc(C4=NC5C=CC(CCCCCC)=CC5=N4)n3)=NC2C=C1.[Cl-].[Cl-].[Co+2]. The van der Waals surface area contributed by atoms with Crippen molar-refractivity contribution in [1.29, 1.82) is 0 Å². The van der Waals surface area contributed by atoms with Crippen LogP contribution in [0.5, 0.6) is 0 Å². The number of pyridine rings is 1. The molecule has 3 heterocycles. The Morgan fingerprint density at radius 1 is 0.641 bits per heavy atom. The van der Waals surface area contributed by atoms with Gasteiger partial charge in [-0.2, -0.15) is 0 Å². The van der Waals surface area contributed by atoms with E-state index in [2.05, 4.69) is 50.3 Å². The molecule has 0 fully saturated rings. The second-order valence-corrected chi connectivity index (χ2v) is 10.1. The van der Waals surface area contributed by atoms with Gasteiger partial charge in [0.1, 0.15) is 23.5 Å². The van der Waals surface area contributed by atoms with Gasteiger partial charge in [-0.1, -0.05) is 82.7 Å². The molecule has 0 bridgehead atoms. The van der Waals surface area contributed by atoms with Gasteiger partial charge in [0, 0.05) is 0 Å². The van der Waals surface area contributed by atoms with Crippen LogP contribution in [0.15, 0.2) is 85.8 Å². The second-order valence-electron chi connectivity index (χ2n) is 10.1. The van der Waals surface area contributed by atoms with Gasteiger partial charge >= 0.3 is 16.8 Å². The zero-order valence-corrected chi connectivity index (χ0v) is 25.3. The molecule has 1 radical (unpaired) electrons. The van der Waals surface area contributed by atoms with E-state index in [-0.39, 0.29) is 53.7 Å². The van der Waals surface area contributed by atoms with Crippen molar-refractivity contribution in [3.05, 3.63) is 77.2 Å². The van der Waals surface area contributed by atoms with Crippen LogP contribution in [0.2, 0.25) is 0 Å². The van der Waals surface area contributed by atoms with E-state index < -0.39 is 0 Å². The Hall–Kier alpha value is -2.12. The molecule has 2 aliphatic carbocycles. The Morgan fingerprint density at radius 3 is 1.54 bits per heavy atom. The average molecular weight is 610 g/mol. The first kappa shape index (κ1) is 33.1. The summed E-state index contributed by atoms with van der Waals surface area (Å²) >= 11 is 0. The fraction of sp³-hybridized carbons (Fsp3) is 0.452. The summed E-state index contributed by atoms with van der Waals surface area (Å²) in [6.45, 7) is 4.50. The molecule has 39 heavy (non-hydrogen) atoms. The normalized spacial score (nSPS) is 20.2. The summed E-state index contributed by atoms with van der Waals surface area (Å²) in [6, 6.07) is 5.97. The van der Waals surface area contributed by atoms with Gasteiger partial charge in [-0.15, -0.1) is 0 Å². The number of allylic oxidation sites excluding steroid dienone is 4. The molecule has 0 aromatic carbocycles. The van der Waals surface area contributed by atoms with E-state index in [1.165, 1.54) is 62.5 Å². The summed E-state index contributed by atoms with van der Waals surface area (Å²) < 4.78 is 0. The molecule has 8 heteroatoms. The van der Waals surface area contributed by atoms with Gasteiger partial charge in [-0.05, 0) is 61.1 Å². The van der Waals surface area contributed by atoms with Crippen molar-refractivity contribution in [3.63, 3.8) is 0 Å². The van der Waals surface area contributed by atoms with E-state index in [1.54, 1.807) is 0 Å². The van der Waals surface area contributed by atoms with Gasteiger partial charge in [-0.25, -0.2) is 15.0 Å². The van der Waals surface area contributed by atoms with Crippen molar-refractivity contribution in [3.8, 4) is 0 Å². The minimum absolute atomic E-state index is 0. The maximum atomic E-state index is 4.87. The Labute approximate surface area is 256 Å². The zero-order chi connectivity index (χ0) is 24.7. The third kappa shape index (κ3) is 8.43. The number of rotatable bonds is 12. The molecule has 5 rings (SSSR count). The second kappa shape index (κ2) is 16.2. The van der Waals surface area contributed by atoms with E-state index in [4.69, 9.17) is 25.0 Å². The fourth-order valence-corrected chi connectivity index (χ4v) is 5.01. The topological polar surface area (TPSA) is 62.3 Å². The smallest absolute Gasteiger partial charge is 1.00 e. The maximum absolute atomic E-state index is 4.87. The molecule has 0 saturated carbocycles. The molecule has 2 atom stereocenters. The molecule has 0 amide bonds. The van der Waals surface area contributed by atoms with Gasteiger partial charge in [0.15, 0.2) is 11.7 Å². The monoisotopic (exact) mass is 608 g/mol. The van der Waals surface area contributed by atoms with Crippen molar-refractivity contribution in [2.24, 2.45) is 20.0 Å². The molecule has 0 spiro atoms. The zero-order valence-electron chi connectivity index (χ0n) is 22.7. The summed E-state index contributed by atoms with van der Waals surface area (Å²) in [4.78, 5) is 24.2. The van der Waals surface area contributed by atoms with E-state index in [0.29, 0.717) is 11.7 Å². The minimum atomic E-state index is 0. The Morgan fingerprint density at radius 2 is 1.10 bits per heavy atom. The number of unbranched alkanes of at least 4 members (excludes halogenated alkanes) is 6. The number of hydrogen-bond acceptors (Lipinski definition) is 5. The Bertz CT molecular complexity index is 1150. The Kier molecular flexibility index (Phi) is 13.8. The minimum Gasteiger partial charge on any atom is -1.00 e. The van der Waals surface area contributed by atoms with Crippen LogP contribution in [0.3, 0.4) is 0 Å². The molecular formula is C31H37Cl2CoN5. The predicted octanol–water partition coefficient (Wildman–Crippen LogP) is 1.16. The van der Waals surface area contributed by atoms with E-state index >= 15 is 0 Å². The van der Waals surface area contributed by atoms with Crippen molar-refractivity contribution < 1.29 is 41.6 Å². The first-order chi connectivity index (χ1) is 17.7. The van der Waals surface area contributed by atoms with Gasteiger partial charge < -0.3 is 24.8 Å². The van der Waals surface area contributed by atoms with Crippen LogP contribution in [-0.2, 0) is 16.8 Å². The molecule has 0 N–H and O–H groups in total. The largest absolute Gasteiger partial charge is 2.00 e. The summed E-state index contributed by atoms with van der Waals surface area (Å²) in [7, 11) is 0. The molecule has 2 unspecified atom stereocenters. The quantitative estimate of drug-likeness (QED) is 0.329. The van der Waals surface area contributed by atoms with E-state index in [9.17, 15) is 0 Å². The molecule has 5 nitrogen and oxygen atoms in total. The first-order valence-electron chi connectivity index (χ1n) is 13.8. The van der Waals surface area contributed by atoms with Gasteiger partial charge in [-0.3, -0.25) is 9.98 Å². The number of hydrogen-bond donors (Lipinski definition) is 0. The number of nitrogens with zero attached hydrogens (tertiary/aromatic N) is 5. The van der Waals surface area contributed by atoms with E-state index in [1.807, 2.05) is 18.2 Å². The number of fused-ring (bicyclic) bond motifs is 2. The van der Waals surface area contributed by atoms with Crippen LogP contribution in [0.4, 0.5) is 0 Å². The molecule has 2 aliphatic heterocycles. The van der Waals surface area contributed by atoms with Gasteiger partial charge in [0.05, 0.1) is 11.4 Å². The van der Waals surface area contributed by atoms with Crippen molar-refractivity contribution in [2.45, 2.75) is 90.1 Å². The molecule has 1 aromatic heterocycles. The number of aliphatic imine (C=N–C) groups is 4. The number of halogens is 2. The van der Waals surface area contributed by atoms with E-state index in [0.717, 1.165) is 35.7 Å². The molecule has 1 aromatic rings. The third-order valence-electron chi connectivity index (χ3n) is 7.10. The number of aromatic nitrogens is 1. The molecular weight excluding hydrogens is 572 g/mol. The van der Waals surface area contributed by atoms with Crippen LogP contribution in [0.1, 0.15) is 89.4 Å². The average Bonchev–Trinajstić information content (AvgIpc) is 3.53. The summed E-state index contributed by atoms with van der Waals surface area (Å²) in [5.74, 6) is 1.39. The Balaban J connectivity index is 0.00000178. The maximum Gasteiger partial charge on any atom is 2.00 e. The summed E-state index contributed by atoms with van der Waals surface area (Å²) in [6.07, 6.45) is 25.6. The van der Waals surface area contributed by atoms with Crippen LogP contribution >= 0.6 is 0 Å². The van der Waals surface area contributed by atoms with Crippen LogP contribution in [0.25, 0.3) is 0 Å². The predicted molar refractivity (Wildman–Crippen MR) is 152 cm³/mol. The van der Waals surface area contributed by atoms with Crippen LogP contribution in [0, 0.1) is 0 Å². The summed E-state index contributed by atoms with van der Waals surface area (Å²) in [5.41, 5.74) is 6.31. The van der Waals surface area contributed by atoms with Crippen molar-refractivity contribution in [2.75, 3.05) is 0 Å². The standard InChI is InChI=1S/C31H37N5.2ClH.Co/c1-3-5-7-9-12-22-16-18-24-28(20-22)35-30(33-24)26-14-11-15-27(32-26)31-34-25-19-17-23(21-29(25)36-31)13-10-8-6-4-2;;;/h11,14-21,24-25H,3-10,12-13H2,1-2H3;2*1H;/q;;;+2/p-2. The van der Waals surface area contributed by atoms with Crippen molar-refractivity contribution >= 4 is 23.1 Å². The molecule has 4 aliphatic rings. The third-order valence-corrected chi connectivity index (χ3v) is 7.10. The van der Waals surface area contributed by atoms with Gasteiger partial charge in [0.25, 0.3) is 0 Å². The van der Waals surface area contributed by atoms with Crippen LogP contribution < -0.4 is 24.8 Å². The van der Waals surface area contributed by atoms with Gasteiger partial charge in [0.2, 0.25) is 0 Å². The fourth-order valence-electron chi connectivity index (χ4n) is 5.01.